The monoisotopic (exact) mass is 187 g/mol. The summed E-state index contributed by atoms with van der Waals surface area (Å²) >= 11 is 0. The molecular weight excluding hydrogens is 166 g/mol. The van der Waals surface area contributed by atoms with Crippen molar-refractivity contribution in [1.82, 2.24) is 5.32 Å². The van der Waals surface area contributed by atoms with Crippen LogP contribution in [0.4, 0.5) is 0 Å². The second kappa shape index (κ2) is 5.22. The summed E-state index contributed by atoms with van der Waals surface area (Å²) in [7, 11) is 0. The van der Waals surface area contributed by atoms with E-state index in [4.69, 9.17) is 5.11 Å². The number of hydrogen-bond acceptors (Lipinski definition) is 2. The third-order valence-corrected chi connectivity index (χ3v) is 1.76. The summed E-state index contributed by atoms with van der Waals surface area (Å²) in [6.07, 6.45) is 1.64. The highest BCUT2D eigenvalue weighted by Crippen LogP contribution is 2.20. The van der Waals surface area contributed by atoms with Crippen molar-refractivity contribution in [2.24, 2.45) is 5.41 Å². The standard InChI is InChI=1S/C10H21NO2/c1-5-6-11-8(9(12)13)7-10(2,3)4/h8,11H,5-7H2,1-4H3,(H,12,13). The van der Waals surface area contributed by atoms with E-state index in [9.17, 15) is 4.79 Å². The minimum atomic E-state index is -0.747. The number of nitrogens with one attached hydrogen (secondary N) is 1. The normalized spacial score (nSPS) is 14.2. The lowest BCUT2D eigenvalue weighted by molar-refractivity contribution is -0.140. The minimum Gasteiger partial charge on any atom is -0.480 e. The van der Waals surface area contributed by atoms with Crippen molar-refractivity contribution in [2.75, 3.05) is 6.54 Å². The Kier molecular flexibility index (Phi) is 4.99. The molecule has 2 N–H and O–H groups in total. The second-order valence-corrected chi connectivity index (χ2v) is 4.61. The fourth-order valence-electron chi connectivity index (χ4n) is 1.18. The molecule has 0 aromatic heterocycles. The molecular formula is C10H21NO2. The van der Waals surface area contributed by atoms with E-state index in [0.717, 1.165) is 13.0 Å². The Morgan fingerprint density at radius 1 is 1.46 bits per heavy atom. The zero-order chi connectivity index (χ0) is 10.5. The van der Waals surface area contributed by atoms with Crippen molar-refractivity contribution in [2.45, 2.75) is 46.6 Å². The Morgan fingerprint density at radius 2 is 2.00 bits per heavy atom. The van der Waals surface area contributed by atoms with Crippen LogP contribution in [0.2, 0.25) is 0 Å². The Morgan fingerprint density at radius 3 is 2.31 bits per heavy atom. The van der Waals surface area contributed by atoms with Gasteiger partial charge in [-0.2, -0.15) is 0 Å². The molecule has 0 aromatic carbocycles. The molecule has 1 atom stereocenters. The van der Waals surface area contributed by atoms with E-state index in [1.165, 1.54) is 0 Å². The van der Waals surface area contributed by atoms with Crippen LogP contribution in [-0.4, -0.2) is 23.7 Å². The van der Waals surface area contributed by atoms with Crippen molar-refractivity contribution >= 4 is 5.97 Å². The molecule has 0 saturated heterocycles. The molecule has 0 aliphatic rings. The van der Waals surface area contributed by atoms with E-state index in [1.54, 1.807) is 0 Å². The van der Waals surface area contributed by atoms with Crippen LogP contribution < -0.4 is 5.32 Å². The molecule has 3 nitrogen and oxygen atoms in total. The van der Waals surface area contributed by atoms with Crippen LogP contribution in [0.1, 0.15) is 40.5 Å². The summed E-state index contributed by atoms with van der Waals surface area (Å²) in [4.78, 5) is 10.8. The molecule has 0 amide bonds. The fourth-order valence-corrected chi connectivity index (χ4v) is 1.18. The van der Waals surface area contributed by atoms with Crippen LogP contribution in [0, 0.1) is 5.41 Å². The Hall–Kier alpha value is -0.570. The minimum absolute atomic E-state index is 0.0593. The molecule has 0 saturated carbocycles. The van der Waals surface area contributed by atoms with Crippen LogP contribution >= 0.6 is 0 Å². The SMILES string of the molecule is CCCNC(CC(C)(C)C)C(=O)O. The van der Waals surface area contributed by atoms with Gasteiger partial charge in [0, 0.05) is 0 Å². The third kappa shape index (κ3) is 6.58. The third-order valence-electron chi connectivity index (χ3n) is 1.76. The first-order chi connectivity index (χ1) is 5.87. The van der Waals surface area contributed by atoms with Gasteiger partial charge < -0.3 is 10.4 Å². The van der Waals surface area contributed by atoms with Crippen molar-refractivity contribution < 1.29 is 9.90 Å². The molecule has 0 spiro atoms. The first-order valence-corrected chi connectivity index (χ1v) is 4.83. The van der Waals surface area contributed by atoms with Crippen LogP contribution in [0.3, 0.4) is 0 Å². The van der Waals surface area contributed by atoms with Gasteiger partial charge in [-0.1, -0.05) is 27.7 Å². The highest BCUT2D eigenvalue weighted by molar-refractivity contribution is 5.73. The van der Waals surface area contributed by atoms with Gasteiger partial charge in [-0.25, -0.2) is 0 Å². The lowest BCUT2D eigenvalue weighted by Gasteiger charge is -2.23. The summed E-state index contributed by atoms with van der Waals surface area (Å²) < 4.78 is 0. The van der Waals surface area contributed by atoms with Gasteiger partial charge in [0.2, 0.25) is 0 Å². The second-order valence-electron chi connectivity index (χ2n) is 4.61. The summed E-state index contributed by atoms with van der Waals surface area (Å²) in [5.41, 5.74) is 0.0593. The maximum atomic E-state index is 10.8. The van der Waals surface area contributed by atoms with Crippen molar-refractivity contribution in [1.29, 1.82) is 0 Å². The molecule has 1 unspecified atom stereocenters. The predicted octanol–water partition coefficient (Wildman–Crippen LogP) is 1.88. The van der Waals surface area contributed by atoms with Gasteiger partial charge in [-0.15, -0.1) is 0 Å². The van der Waals surface area contributed by atoms with Crippen molar-refractivity contribution in [3.63, 3.8) is 0 Å². The summed E-state index contributed by atoms with van der Waals surface area (Å²) in [6, 6.07) is -0.403. The van der Waals surface area contributed by atoms with Gasteiger partial charge in [-0.3, -0.25) is 4.79 Å². The molecule has 0 radical (unpaired) electrons. The highest BCUT2D eigenvalue weighted by atomic mass is 16.4. The molecule has 78 valence electrons. The van der Waals surface area contributed by atoms with Gasteiger partial charge in [0.1, 0.15) is 6.04 Å². The maximum absolute atomic E-state index is 10.8. The van der Waals surface area contributed by atoms with E-state index in [1.807, 2.05) is 6.92 Å². The smallest absolute Gasteiger partial charge is 0.320 e. The zero-order valence-corrected chi connectivity index (χ0v) is 9.05. The van der Waals surface area contributed by atoms with Crippen molar-refractivity contribution in [3.8, 4) is 0 Å². The molecule has 0 bridgehead atoms. The van der Waals surface area contributed by atoms with Crippen LogP contribution in [0.5, 0.6) is 0 Å². The number of carboxylic acid groups (broad SMARTS) is 1. The predicted molar refractivity (Wildman–Crippen MR) is 53.8 cm³/mol. The average Bonchev–Trinajstić information content (AvgIpc) is 1.95. The maximum Gasteiger partial charge on any atom is 0.320 e. The van der Waals surface area contributed by atoms with Crippen LogP contribution in [0.25, 0.3) is 0 Å². The molecule has 3 heteroatoms. The molecule has 0 fully saturated rings. The van der Waals surface area contributed by atoms with E-state index >= 15 is 0 Å². The lowest BCUT2D eigenvalue weighted by Crippen LogP contribution is -2.39. The average molecular weight is 187 g/mol. The van der Waals surface area contributed by atoms with Gasteiger partial charge in [0.05, 0.1) is 0 Å². The molecule has 0 aromatic rings. The molecule has 0 rings (SSSR count). The van der Waals surface area contributed by atoms with Gasteiger partial charge in [0.25, 0.3) is 0 Å². The zero-order valence-electron chi connectivity index (χ0n) is 9.05. The largest absolute Gasteiger partial charge is 0.480 e. The number of hydrogen-bond donors (Lipinski definition) is 2. The summed E-state index contributed by atoms with van der Waals surface area (Å²) in [5, 5.41) is 11.9. The van der Waals surface area contributed by atoms with Gasteiger partial charge in [0.15, 0.2) is 0 Å². The molecule has 0 aliphatic heterocycles. The van der Waals surface area contributed by atoms with E-state index in [2.05, 4.69) is 26.1 Å². The van der Waals surface area contributed by atoms with E-state index in [0.29, 0.717) is 6.42 Å². The van der Waals surface area contributed by atoms with Crippen LogP contribution in [0.15, 0.2) is 0 Å². The van der Waals surface area contributed by atoms with Crippen LogP contribution in [-0.2, 0) is 4.79 Å². The summed E-state index contributed by atoms with van der Waals surface area (Å²) in [6.45, 7) is 8.96. The molecule has 13 heavy (non-hydrogen) atoms. The first-order valence-electron chi connectivity index (χ1n) is 4.83. The topological polar surface area (TPSA) is 49.3 Å². The van der Waals surface area contributed by atoms with Gasteiger partial charge in [-0.05, 0) is 24.8 Å². The Labute approximate surface area is 80.5 Å². The first kappa shape index (κ1) is 12.4. The lowest BCUT2D eigenvalue weighted by atomic mass is 9.88. The number of carboxylic acids is 1. The van der Waals surface area contributed by atoms with Gasteiger partial charge >= 0.3 is 5.97 Å². The van der Waals surface area contributed by atoms with Crippen molar-refractivity contribution in [3.05, 3.63) is 0 Å². The Balaban J connectivity index is 4.03. The van der Waals surface area contributed by atoms with E-state index < -0.39 is 12.0 Å². The number of aliphatic carboxylic acids is 1. The highest BCUT2D eigenvalue weighted by Gasteiger charge is 2.23. The summed E-state index contributed by atoms with van der Waals surface area (Å²) in [5.74, 6) is -0.747. The number of carbonyl (C=O) groups is 1. The Bertz CT molecular complexity index is 161. The quantitative estimate of drug-likeness (QED) is 0.691. The number of rotatable bonds is 5. The fraction of sp³-hybridized carbons (Fsp3) is 0.900. The van der Waals surface area contributed by atoms with E-state index in [-0.39, 0.29) is 5.41 Å². The molecule has 0 aliphatic carbocycles. The molecule has 0 heterocycles.